The highest BCUT2D eigenvalue weighted by Crippen LogP contribution is 2.11. The Morgan fingerprint density at radius 3 is 2.56 bits per heavy atom. The van der Waals surface area contributed by atoms with E-state index in [-0.39, 0.29) is 0 Å². The number of hydrogen-bond acceptors (Lipinski definition) is 3. The Labute approximate surface area is 93.5 Å². The molecule has 0 fully saturated rings. The lowest BCUT2D eigenvalue weighted by Gasteiger charge is -2.11. The number of halogens is 1. The minimum absolute atomic E-state index is 0.347. The normalized spacial score (nSPS) is 13.6. The van der Waals surface area contributed by atoms with Gasteiger partial charge >= 0.3 is 5.97 Å². The molecule has 1 rings (SSSR count). The van der Waals surface area contributed by atoms with E-state index in [0.717, 1.165) is 12.5 Å². The molecule has 0 aromatic heterocycles. The first kappa shape index (κ1) is 12.2. The SMILES string of the molecule is Cc1ccc(C(=O)OC[C@](C)(F)C#N)cc1. The molecule has 1 atom stereocenters. The van der Waals surface area contributed by atoms with Crippen LogP contribution in [-0.2, 0) is 4.74 Å². The van der Waals surface area contributed by atoms with Crippen molar-refractivity contribution in [3.8, 4) is 6.07 Å². The number of nitrogens with zero attached hydrogens (tertiary/aromatic N) is 1. The van der Waals surface area contributed by atoms with Crippen LogP contribution in [0.1, 0.15) is 22.8 Å². The molecule has 0 aliphatic rings. The first-order valence-corrected chi connectivity index (χ1v) is 4.78. The van der Waals surface area contributed by atoms with Crippen molar-refractivity contribution < 1.29 is 13.9 Å². The Morgan fingerprint density at radius 2 is 2.06 bits per heavy atom. The molecule has 0 aliphatic carbocycles. The van der Waals surface area contributed by atoms with Gasteiger partial charge in [0.2, 0.25) is 5.67 Å². The third kappa shape index (κ3) is 3.35. The van der Waals surface area contributed by atoms with Gasteiger partial charge in [0.15, 0.2) is 0 Å². The molecule has 1 aromatic carbocycles. The van der Waals surface area contributed by atoms with E-state index in [2.05, 4.69) is 4.74 Å². The zero-order valence-corrected chi connectivity index (χ0v) is 9.16. The fourth-order valence-corrected chi connectivity index (χ4v) is 1.01. The van der Waals surface area contributed by atoms with Crippen LogP contribution in [0.15, 0.2) is 24.3 Å². The molecular formula is C12H12FNO2. The summed E-state index contributed by atoms with van der Waals surface area (Å²) in [5, 5.41) is 8.40. The molecule has 0 amide bonds. The van der Waals surface area contributed by atoms with Crippen LogP contribution in [0.3, 0.4) is 0 Å². The number of carbonyl (C=O) groups is 1. The number of alkyl halides is 1. The summed E-state index contributed by atoms with van der Waals surface area (Å²) in [6, 6.07) is 8.13. The molecule has 0 aliphatic heterocycles. The number of esters is 1. The highest BCUT2D eigenvalue weighted by Gasteiger charge is 2.24. The molecular weight excluding hydrogens is 209 g/mol. The summed E-state index contributed by atoms with van der Waals surface area (Å²) in [4.78, 5) is 11.4. The molecule has 84 valence electrons. The topological polar surface area (TPSA) is 50.1 Å². The maximum Gasteiger partial charge on any atom is 0.338 e. The summed E-state index contributed by atoms with van der Waals surface area (Å²) in [5.41, 5.74) is -0.774. The number of benzene rings is 1. The third-order valence-electron chi connectivity index (χ3n) is 1.99. The van der Waals surface area contributed by atoms with Gasteiger partial charge in [-0.15, -0.1) is 0 Å². The lowest BCUT2D eigenvalue weighted by Crippen LogP contribution is -2.25. The van der Waals surface area contributed by atoms with Gasteiger partial charge in [-0.05, 0) is 26.0 Å². The monoisotopic (exact) mass is 221 g/mol. The van der Waals surface area contributed by atoms with Crippen LogP contribution < -0.4 is 0 Å². The van der Waals surface area contributed by atoms with E-state index in [1.54, 1.807) is 24.3 Å². The Kier molecular flexibility index (Phi) is 3.62. The second kappa shape index (κ2) is 4.75. The van der Waals surface area contributed by atoms with E-state index in [1.165, 1.54) is 6.07 Å². The first-order chi connectivity index (χ1) is 7.44. The van der Waals surface area contributed by atoms with Crippen molar-refractivity contribution in [2.75, 3.05) is 6.61 Å². The van der Waals surface area contributed by atoms with E-state index in [4.69, 9.17) is 5.26 Å². The summed E-state index contributed by atoms with van der Waals surface area (Å²) in [6.07, 6.45) is 0. The van der Waals surface area contributed by atoms with Crippen LogP contribution in [-0.4, -0.2) is 18.2 Å². The van der Waals surface area contributed by atoms with E-state index < -0.39 is 18.2 Å². The van der Waals surface area contributed by atoms with Crippen LogP contribution in [0.25, 0.3) is 0 Å². The smallest absolute Gasteiger partial charge is 0.338 e. The molecule has 0 bridgehead atoms. The van der Waals surface area contributed by atoms with Crippen molar-refractivity contribution in [3.05, 3.63) is 35.4 Å². The fraction of sp³-hybridized carbons (Fsp3) is 0.333. The van der Waals surface area contributed by atoms with Crippen LogP contribution >= 0.6 is 0 Å². The predicted octanol–water partition coefficient (Wildman–Crippen LogP) is 2.40. The number of hydrogen-bond donors (Lipinski definition) is 0. The summed E-state index contributed by atoms with van der Waals surface area (Å²) in [5.74, 6) is -0.626. The van der Waals surface area contributed by atoms with E-state index in [0.29, 0.717) is 5.56 Å². The van der Waals surface area contributed by atoms with E-state index in [1.807, 2.05) is 6.92 Å². The van der Waals surface area contributed by atoms with Gasteiger partial charge in [0, 0.05) is 0 Å². The first-order valence-electron chi connectivity index (χ1n) is 4.78. The largest absolute Gasteiger partial charge is 0.458 e. The van der Waals surface area contributed by atoms with Crippen molar-refractivity contribution in [1.29, 1.82) is 5.26 Å². The number of rotatable bonds is 3. The molecule has 0 radical (unpaired) electrons. The molecule has 4 heteroatoms. The van der Waals surface area contributed by atoms with Crippen molar-refractivity contribution in [1.82, 2.24) is 0 Å². The van der Waals surface area contributed by atoms with Crippen LogP contribution in [0.5, 0.6) is 0 Å². The van der Waals surface area contributed by atoms with Crippen molar-refractivity contribution in [2.45, 2.75) is 19.5 Å². The minimum atomic E-state index is -2.14. The summed E-state index contributed by atoms with van der Waals surface area (Å²) >= 11 is 0. The second-order valence-electron chi connectivity index (χ2n) is 3.75. The van der Waals surface area contributed by atoms with E-state index in [9.17, 15) is 9.18 Å². The van der Waals surface area contributed by atoms with Gasteiger partial charge in [0.1, 0.15) is 12.7 Å². The molecule has 16 heavy (non-hydrogen) atoms. The maximum atomic E-state index is 13.1. The molecule has 1 aromatic rings. The fourth-order valence-electron chi connectivity index (χ4n) is 1.01. The van der Waals surface area contributed by atoms with Crippen LogP contribution in [0.2, 0.25) is 0 Å². The summed E-state index contributed by atoms with van der Waals surface area (Å²) in [6.45, 7) is 2.40. The van der Waals surface area contributed by atoms with Gasteiger partial charge in [0.25, 0.3) is 0 Å². The van der Waals surface area contributed by atoms with Gasteiger partial charge < -0.3 is 4.74 Å². The molecule has 0 spiro atoms. The Balaban J connectivity index is 2.61. The summed E-state index contributed by atoms with van der Waals surface area (Å²) in [7, 11) is 0. The standard InChI is InChI=1S/C12H12FNO2/c1-9-3-5-10(6-4-9)11(15)16-8-12(2,13)7-14/h3-6H,8H2,1-2H3/t12-/m1/s1. The average Bonchev–Trinajstić information content (AvgIpc) is 2.27. The van der Waals surface area contributed by atoms with E-state index >= 15 is 0 Å². The number of aryl methyl sites for hydroxylation is 1. The van der Waals surface area contributed by atoms with Gasteiger partial charge in [-0.3, -0.25) is 0 Å². The predicted molar refractivity (Wildman–Crippen MR) is 56.6 cm³/mol. The Bertz CT molecular complexity index is 418. The second-order valence-corrected chi connectivity index (χ2v) is 3.75. The third-order valence-corrected chi connectivity index (χ3v) is 1.99. The Morgan fingerprint density at radius 1 is 1.50 bits per heavy atom. The highest BCUT2D eigenvalue weighted by atomic mass is 19.1. The Hall–Kier alpha value is -1.89. The molecule has 3 nitrogen and oxygen atoms in total. The molecule has 0 heterocycles. The maximum absolute atomic E-state index is 13.1. The van der Waals surface area contributed by atoms with Crippen LogP contribution in [0.4, 0.5) is 4.39 Å². The van der Waals surface area contributed by atoms with Crippen LogP contribution in [0, 0.1) is 18.3 Å². The highest BCUT2D eigenvalue weighted by molar-refractivity contribution is 5.89. The molecule has 0 N–H and O–H groups in total. The van der Waals surface area contributed by atoms with Gasteiger partial charge in [-0.2, -0.15) is 5.26 Å². The summed E-state index contributed by atoms with van der Waals surface area (Å²) < 4.78 is 17.8. The number of ether oxygens (including phenoxy) is 1. The lowest BCUT2D eigenvalue weighted by atomic mass is 10.1. The zero-order chi connectivity index (χ0) is 12.2. The number of carbonyl (C=O) groups excluding carboxylic acids is 1. The molecule has 0 saturated carbocycles. The zero-order valence-electron chi connectivity index (χ0n) is 9.16. The number of nitriles is 1. The molecule has 0 unspecified atom stereocenters. The van der Waals surface area contributed by atoms with Gasteiger partial charge in [-0.25, -0.2) is 9.18 Å². The molecule has 0 saturated heterocycles. The minimum Gasteiger partial charge on any atom is -0.458 e. The van der Waals surface area contributed by atoms with Gasteiger partial charge in [-0.1, -0.05) is 17.7 Å². The quantitative estimate of drug-likeness (QED) is 0.736. The van der Waals surface area contributed by atoms with Crippen molar-refractivity contribution >= 4 is 5.97 Å². The van der Waals surface area contributed by atoms with Crippen molar-refractivity contribution in [2.24, 2.45) is 0 Å². The van der Waals surface area contributed by atoms with Gasteiger partial charge in [0.05, 0.1) is 5.56 Å². The average molecular weight is 221 g/mol. The van der Waals surface area contributed by atoms with Crippen molar-refractivity contribution in [3.63, 3.8) is 0 Å². The lowest BCUT2D eigenvalue weighted by molar-refractivity contribution is 0.0327.